The summed E-state index contributed by atoms with van der Waals surface area (Å²) in [5.74, 6) is 1.44. The third-order valence-electron chi connectivity index (χ3n) is 4.87. The molecule has 0 aromatic rings. The average Bonchev–Trinajstić information content (AvgIpc) is 3.20. The van der Waals surface area contributed by atoms with Gasteiger partial charge in [0.25, 0.3) is 0 Å². The van der Waals surface area contributed by atoms with Crippen molar-refractivity contribution in [3.05, 3.63) is 0 Å². The van der Waals surface area contributed by atoms with Gasteiger partial charge in [-0.1, -0.05) is 6.92 Å². The van der Waals surface area contributed by atoms with E-state index < -0.39 is 0 Å². The van der Waals surface area contributed by atoms with E-state index in [1.165, 1.54) is 12.8 Å². The van der Waals surface area contributed by atoms with Gasteiger partial charge in [0.1, 0.15) is 0 Å². The maximum Gasteiger partial charge on any atom is 0.191 e. The Morgan fingerprint density at radius 1 is 1.35 bits per heavy atom. The number of nitrogens with two attached hydrogens (primary N) is 1. The zero-order chi connectivity index (χ0) is 14.2. The standard InChI is InChI=1S/C15H27N3O2/c1-11-9-18(6-8-19-11)14(16)17-10-15(2)5-7-20-13(15)12-3-4-12/h11-13H,3-10H2,1-2H3,(H2,16,17). The molecule has 5 heteroatoms. The minimum absolute atomic E-state index is 0.170. The summed E-state index contributed by atoms with van der Waals surface area (Å²) in [5.41, 5.74) is 6.33. The minimum atomic E-state index is 0.170. The molecule has 1 aliphatic carbocycles. The highest BCUT2D eigenvalue weighted by molar-refractivity contribution is 5.78. The van der Waals surface area contributed by atoms with Crippen molar-refractivity contribution in [3.8, 4) is 0 Å². The molecule has 1 saturated carbocycles. The molecular formula is C15H27N3O2. The molecule has 2 N–H and O–H groups in total. The van der Waals surface area contributed by atoms with Crippen molar-refractivity contribution in [2.45, 2.75) is 45.3 Å². The zero-order valence-electron chi connectivity index (χ0n) is 12.7. The Kier molecular flexibility index (Phi) is 3.91. The molecule has 2 aliphatic heterocycles. The topological polar surface area (TPSA) is 60.1 Å². The lowest BCUT2D eigenvalue weighted by molar-refractivity contribution is 0.00504. The van der Waals surface area contributed by atoms with Crippen molar-refractivity contribution in [2.24, 2.45) is 22.1 Å². The first-order valence-corrected chi connectivity index (χ1v) is 7.86. The first-order valence-electron chi connectivity index (χ1n) is 7.86. The molecule has 3 rings (SSSR count). The van der Waals surface area contributed by atoms with Crippen LogP contribution in [0.2, 0.25) is 0 Å². The van der Waals surface area contributed by atoms with Gasteiger partial charge in [0.05, 0.1) is 25.4 Å². The third kappa shape index (κ3) is 2.93. The highest BCUT2D eigenvalue weighted by atomic mass is 16.5. The number of rotatable bonds is 3. The number of morpholine rings is 1. The van der Waals surface area contributed by atoms with Crippen LogP contribution >= 0.6 is 0 Å². The van der Waals surface area contributed by atoms with Crippen LogP contribution in [0.15, 0.2) is 4.99 Å². The maximum atomic E-state index is 6.16. The molecule has 0 bridgehead atoms. The molecule has 3 fully saturated rings. The quantitative estimate of drug-likeness (QED) is 0.624. The zero-order valence-corrected chi connectivity index (χ0v) is 12.7. The Morgan fingerprint density at radius 2 is 2.15 bits per heavy atom. The van der Waals surface area contributed by atoms with E-state index in [9.17, 15) is 0 Å². The van der Waals surface area contributed by atoms with Crippen LogP contribution in [-0.2, 0) is 9.47 Å². The van der Waals surface area contributed by atoms with Crippen LogP contribution in [0, 0.1) is 11.3 Å². The van der Waals surface area contributed by atoms with E-state index in [-0.39, 0.29) is 11.5 Å². The maximum absolute atomic E-state index is 6.16. The van der Waals surface area contributed by atoms with Gasteiger partial charge in [0.15, 0.2) is 5.96 Å². The van der Waals surface area contributed by atoms with Crippen LogP contribution in [0.25, 0.3) is 0 Å². The Morgan fingerprint density at radius 3 is 2.85 bits per heavy atom. The predicted molar refractivity (Wildman–Crippen MR) is 78.7 cm³/mol. The first kappa shape index (κ1) is 14.1. The van der Waals surface area contributed by atoms with Gasteiger partial charge in [-0.05, 0) is 32.1 Å². The van der Waals surface area contributed by atoms with Gasteiger partial charge in [-0.3, -0.25) is 4.99 Å². The van der Waals surface area contributed by atoms with Gasteiger partial charge in [-0.25, -0.2) is 0 Å². The number of guanidine groups is 1. The lowest BCUT2D eigenvalue weighted by Gasteiger charge is -2.33. The molecule has 20 heavy (non-hydrogen) atoms. The van der Waals surface area contributed by atoms with Crippen molar-refractivity contribution < 1.29 is 9.47 Å². The van der Waals surface area contributed by atoms with E-state index in [1.54, 1.807) is 0 Å². The van der Waals surface area contributed by atoms with E-state index in [0.717, 1.165) is 45.2 Å². The fourth-order valence-electron chi connectivity index (χ4n) is 3.42. The molecule has 0 radical (unpaired) electrons. The Balaban J connectivity index is 1.60. The van der Waals surface area contributed by atoms with Gasteiger partial charge in [0.2, 0.25) is 0 Å². The van der Waals surface area contributed by atoms with E-state index >= 15 is 0 Å². The number of aliphatic imine (C=N–C) groups is 1. The second kappa shape index (κ2) is 5.53. The van der Waals surface area contributed by atoms with Gasteiger partial charge >= 0.3 is 0 Å². The number of nitrogens with zero attached hydrogens (tertiary/aromatic N) is 2. The summed E-state index contributed by atoms with van der Waals surface area (Å²) < 4.78 is 11.5. The largest absolute Gasteiger partial charge is 0.377 e. The van der Waals surface area contributed by atoms with Crippen molar-refractivity contribution in [1.29, 1.82) is 0 Å². The molecule has 3 aliphatic rings. The fourth-order valence-corrected chi connectivity index (χ4v) is 3.42. The predicted octanol–water partition coefficient (Wildman–Crippen LogP) is 1.23. The highest BCUT2D eigenvalue weighted by Gasteiger charge is 2.48. The molecule has 3 unspecified atom stereocenters. The van der Waals surface area contributed by atoms with Gasteiger partial charge in [-0.15, -0.1) is 0 Å². The summed E-state index contributed by atoms with van der Waals surface area (Å²) in [6.07, 6.45) is 4.37. The van der Waals surface area contributed by atoms with E-state index in [0.29, 0.717) is 12.1 Å². The van der Waals surface area contributed by atoms with Gasteiger partial charge < -0.3 is 20.1 Å². The van der Waals surface area contributed by atoms with Gasteiger partial charge in [0, 0.05) is 25.1 Å². The van der Waals surface area contributed by atoms with E-state index in [2.05, 4.69) is 23.7 Å². The lowest BCUT2D eigenvalue weighted by atomic mass is 9.81. The van der Waals surface area contributed by atoms with Crippen LogP contribution in [0.3, 0.4) is 0 Å². The molecule has 2 heterocycles. The molecule has 5 nitrogen and oxygen atoms in total. The van der Waals surface area contributed by atoms with Crippen molar-refractivity contribution in [2.75, 3.05) is 32.8 Å². The molecule has 0 aromatic heterocycles. The first-order chi connectivity index (χ1) is 9.58. The third-order valence-corrected chi connectivity index (χ3v) is 4.87. The van der Waals surface area contributed by atoms with Crippen molar-refractivity contribution >= 4 is 5.96 Å². The number of hydrogen-bond acceptors (Lipinski definition) is 3. The molecule has 3 atom stereocenters. The summed E-state index contributed by atoms with van der Waals surface area (Å²) in [7, 11) is 0. The fraction of sp³-hybridized carbons (Fsp3) is 0.933. The number of hydrogen-bond donors (Lipinski definition) is 1. The smallest absolute Gasteiger partial charge is 0.191 e. The summed E-state index contributed by atoms with van der Waals surface area (Å²) in [6.45, 7) is 8.47. The van der Waals surface area contributed by atoms with Gasteiger partial charge in [-0.2, -0.15) is 0 Å². The van der Waals surface area contributed by atoms with E-state index in [1.807, 2.05) is 0 Å². The average molecular weight is 281 g/mol. The summed E-state index contributed by atoms with van der Waals surface area (Å²) >= 11 is 0. The molecule has 0 spiro atoms. The van der Waals surface area contributed by atoms with Crippen LogP contribution in [0.1, 0.15) is 33.1 Å². The summed E-state index contributed by atoms with van der Waals surface area (Å²) in [6, 6.07) is 0. The lowest BCUT2D eigenvalue weighted by Crippen LogP contribution is -2.48. The normalized spacial score (nSPS) is 39.3. The molecular weight excluding hydrogens is 254 g/mol. The van der Waals surface area contributed by atoms with Crippen molar-refractivity contribution in [1.82, 2.24) is 4.90 Å². The second-order valence-electron chi connectivity index (χ2n) is 6.83. The van der Waals surface area contributed by atoms with Crippen LogP contribution < -0.4 is 5.73 Å². The second-order valence-corrected chi connectivity index (χ2v) is 6.83. The van der Waals surface area contributed by atoms with E-state index in [4.69, 9.17) is 15.2 Å². The molecule has 114 valence electrons. The van der Waals surface area contributed by atoms with Crippen LogP contribution in [0.4, 0.5) is 0 Å². The summed E-state index contributed by atoms with van der Waals surface area (Å²) in [5, 5.41) is 0. The SMILES string of the molecule is CC1CN(C(N)=NCC2(C)CCOC2C2CC2)CCO1. The number of ether oxygens (including phenoxy) is 2. The van der Waals surface area contributed by atoms with Crippen LogP contribution in [-0.4, -0.2) is 55.9 Å². The molecule has 0 amide bonds. The van der Waals surface area contributed by atoms with Crippen LogP contribution in [0.5, 0.6) is 0 Å². The summed E-state index contributed by atoms with van der Waals surface area (Å²) in [4.78, 5) is 6.82. The Bertz CT molecular complexity index is 383. The Hall–Kier alpha value is -0.810. The monoisotopic (exact) mass is 281 g/mol. The molecule has 0 aromatic carbocycles. The van der Waals surface area contributed by atoms with Crippen molar-refractivity contribution in [3.63, 3.8) is 0 Å². The highest BCUT2D eigenvalue weighted by Crippen LogP contribution is 2.47. The Labute approximate surface area is 121 Å². The minimum Gasteiger partial charge on any atom is -0.377 e. The molecule has 2 saturated heterocycles.